The molecule has 0 saturated carbocycles. The number of thiazole rings is 1. The van der Waals surface area contributed by atoms with Crippen molar-refractivity contribution in [3.8, 4) is 11.5 Å². The molecule has 0 atom stereocenters. The lowest BCUT2D eigenvalue weighted by Gasteiger charge is -2.04. The van der Waals surface area contributed by atoms with Crippen molar-refractivity contribution in [1.29, 1.82) is 0 Å². The monoisotopic (exact) mass is 490 g/mol. The SMILES string of the molecule is O=C(Nc1nc2ccc(Oc3ccccc3)cc2s1)c1ccc(CS(=O)(=O)c2ccccc2)o1. The summed E-state index contributed by atoms with van der Waals surface area (Å²) < 4.78 is 37.3. The van der Waals surface area contributed by atoms with Crippen LogP contribution in [0.1, 0.15) is 16.3 Å². The number of amides is 1. The Morgan fingerprint density at radius 2 is 1.65 bits per heavy atom. The molecule has 0 saturated heterocycles. The molecule has 0 aliphatic rings. The molecule has 3 aromatic carbocycles. The van der Waals surface area contributed by atoms with Crippen LogP contribution in [0.5, 0.6) is 11.5 Å². The Bertz CT molecular complexity index is 1560. The Morgan fingerprint density at radius 1 is 0.912 bits per heavy atom. The highest BCUT2D eigenvalue weighted by Gasteiger charge is 2.20. The van der Waals surface area contributed by atoms with Crippen LogP contribution in [0.4, 0.5) is 5.13 Å². The Labute approximate surface area is 199 Å². The number of aromatic nitrogens is 1. The minimum Gasteiger partial charge on any atom is -0.457 e. The normalized spacial score (nSPS) is 11.4. The van der Waals surface area contributed by atoms with Crippen molar-refractivity contribution in [2.75, 3.05) is 5.32 Å². The van der Waals surface area contributed by atoms with E-state index in [9.17, 15) is 13.2 Å². The van der Waals surface area contributed by atoms with Crippen molar-refractivity contribution in [1.82, 2.24) is 4.98 Å². The molecule has 0 radical (unpaired) electrons. The number of nitrogens with zero attached hydrogens (tertiary/aromatic N) is 1. The second kappa shape index (κ2) is 9.12. The van der Waals surface area contributed by atoms with E-state index in [0.717, 1.165) is 16.0 Å². The summed E-state index contributed by atoms with van der Waals surface area (Å²) in [4.78, 5) is 17.3. The summed E-state index contributed by atoms with van der Waals surface area (Å²) in [5.41, 5.74) is 0.717. The van der Waals surface area contributed by atoms with Crippen LogP contribution in [0.2, 0.25) is 0 Å². The minimum atomic E-state index is -3.58. The van der Waals surface area contributed by atoms with Gasteiger partial charge in [-0.1, -0.05) is 47.7 Å². The van der Waals surface area contributed by atoms with Gasteiger partial charge in [-0.2, -0.15) is 0 Å². The first-order valence-corrected chi connectivity index (χ1v) is 12.7. The van der Waals surface area contributed by atoms with E-state index < -0.39 is 15.7 Å². The standard InChI is InChI=1S/C25H18N2O5S2/c28-24(22-14-12-19(32-22)16-34(29,30)20-9-5-2-6-10-20)27-25-26-21-13-11-18(15-23(21)33-25)31-17-7-3-1-4-8-17/h1-15H,16H2,(H,26,27,28). The Kier molecular flexibility index (Phi) is 5.87. The number of carbonyl (C=O) groups is 1. The molecule has 5 rings (SSSR count). The van der Waals surface area contributed by atoms with Crippen LogP contribution >= 0.6 is 11.3 Å². The highest BCUT2D eigenvalue weighted by molar-refractivity contribution is 7.90. The van der Waals surface area contributed by atoms with Crippen LogP contribution in [0.3, 0.4) is 0 Å². The van der Waals surface area contributed by atoms with Crippen LogP contribution in [0.15, 0.2) is 100 Å². The van der Waals surface area contributed by atoms with Gasteiger partial charge >= 0.3 is 0 Å². The maximum absolute atomic E-state index is 12.6. The molecule has 2 heterocycles. The molecule has 34 heavy (non-hydrogen) atoms. The number of benzene rings is 3. The predicted molar refractivity (Wildman–Crippen MR) is 130 cm³/mol. The van der Waals surface area contributed by atoms with E-state index in [4.69, 9.17) is 9.15 Å². The molecule has 1 N–H and O–H groups in total. The number of sulfone groups is 1. The summed E-state index contributed by atoms with van der Waals surface area (Å²) in [7, 11) is -3.58. The zero-order valence-electron chi connectivity index (χ0n) is 17.7. The number of hydrogen-bond acceptors (Lipinski definition) is 7. The van der Waals surface area contributed by atoms with Crippen LogP contribution in [0.25, 0.3) is 10.2 Å². The fourth-order valence-electron chi connectivity index (χ4n) is 3.28. The minimum absolute atomic E-state index is 0.00520. The molecule has 0 fully saturated rings. The van der Waals surface area contributed by atoms with Gasteiger partial charge < -0.3 is 9.15 Å². The Balaban J connectivity index is 1.28. The van der Waals surface area contributed by atoms with Gasteiger partial charge in [0.15, 0.2) is 20.7 Å². The fourth-order valence-corrected chi connectivity index (χ4v) is 5.44. The average molecular weight is 491 g/mol. The third-order valence-electron chi connectivity index (χ3n) is 4.88. The molecular formula is C25H18N2O5S2. The molecule has 9 heteroatoms. The van der Waals surface area contributed by atoms with Crippen LogP contribution < -0.4 is 10.1 Å². The lowest BCUT2D eigenvalue weighted by atomic mass is 10.3. The number of hydrogen-bond donors (Lipinski definition) is 1. The summed E-state index contributed by atoms with van der Waals surface area (Å²) >= 11 is 1.30. The van der Waals surface area contributed by atoms with E-state index in [1.54, 1.807) is 18.2 Å². The predicted octanol–water partition coefficient (Wildman–Crippen LogP) is 5.91. The van der Waals surface area contributed by atoms with Gasteiger partial charge in [0.05, 0.1) is 15.1 Å². The molecule has 1 amide bonds. The molecule has 2 aromatic heterocycles. The summed E-state index contributed by atoms with van der Waals surface area (Å²) in [5, 5.41) is 3.10. The Hall–Kier alpha value is -3.95. The molecule has 5 aromatic rings. The van der Waals surface area contributed by atoms with E-state index in [1.807, 2.05) is 48.5 Å². The highest BCUT2D eigenvalue weighted by atomic mass is 32.2. The van der Waals surface area contributed by atoms with Crippen molar-refractivity contribution in [2.45, 2.75) is 10.6 Å². The zero-order chi connectivity index (χ0) is 23.5. The molecule has 7 nitrogen and oxygen atoms in total. The molecule has 0 aliphatic carbocycles. The summed E-state index contributed by atoms with van der Waals surface area (Å²) in [6, 6.07) is 26.0. The van der Waals surface area contributed by atoms with Gasteiger partial charge in [0, 0.05) is 6.07 Å². The summed E-state index contributed by atoms with van der Waals surface area (Å²) in [5.74, 6) is 0.725. The first-order chi connectivity index (χ1) is 16.5. The molecule has 0 unspecified atom stereocenters. The molecule has 0 aliphatic heterocycles. The lowest BCUT2D eigenvalue weighted by molar-refractivity contribution is 0.0995. The van der Waals surface area contributed by atoms with E-state index >= 15 is 0 Å². The van der Waals surface area contributed by atoms with Gasteiger partial charge in [0.25, 0.3) is 5.91 Å². The second-order valence-electron chi connectivity index (χ2n) is 7.36. The molecule has 0 bridgehead atoms. The number of ether oxygens (including phenoxy) is 1. The number of para-hydroxylation sites is 1. The number of fused-ring (bicyclic) bond motifs is 1. The first-order valence-electron chi connectivity index (χ1n) is 10.3. The van der Waals surface area contributed by atoms with Crippen molar-refractivity contribution < 1.29 is 22.4 Å². The van der Waals surface area contributed by atoms with E-state index in [0.29, 0.717) is 10.9 Å². The van der Waals surface area contributed by atoms with Crippen molar-refractivity contribution >= 4 is 42.4 Å². The number of carbonyl (C=O) groups excluding carboxylic acids is 1. The topological polar surface area (TPSA) is 98.5 Å². The number of rotatable bonds is 7. The Morgan fingerprint density at radius 3 is 2.41 bits per heavy atom. The van der Waals surface area contributed by atoms with Crippen molar-refractivity contribution in [3.63, 3.8) is 0 Å². The van der Waals surface area contributed by atoms with E-state index in [2.05, 4.69) is 10.3 Å². The maximum atomic E-state index is 12.6. The van der Waals surface area contributed by atoms with Gasteiger partial charge in [-0.25, -0.2) is 13.4 Å². The van der Waals surface area contributed by atoms with Gasteiger partial charge in [0.1, 0.15) is 23.0 Å². The van der Waals surface area contributed by atoms with Gasteiger partial charge in [-0.3, -0.25) is 10.1 Å². The quantitative estimate of drug-likeness (QED) is 0.305. The second-order valence-corrected chi connectivity index (χ2v) is 10.4. The largest absolute Gasteiger partial charge is 0.457 e. The number of nitrogens with one attached hydrogen (secondary N) is 1. The lowest BCUT2D eigenvalue weighted by Crippen LogP contribution is -2.10. The summed E-state index contributed by atoms with van der Waals surface area (Å²) in [6.07, 6.45) is 0. The first kappa shape index (κ1) is 21.9. The van der Waals surface area contributed by atoms with E-state index in [1.165, 1.54) is 35.6 Å². The van der Waals surface area contributed by atoms with E-state index in [-0.39, 0.29) is 22.2 Å². The van der Waals surface area contributed by atoms with Gasteiger partial charge in [0.2, 0.25) is 0 Å². The van der Waals surface area contributed by atoms with Crippen molar-refractivity contribution in [3.05, 3.63) is 103 Å². The molecule has 0 spiro atoms. The van der Waals surface area contributed by atoms with Gasteiger partial charge in [-0.15, -0.1) is 0 Å². The highest BCUT2D eigenvalue weighted by Crippen LogP contribution is 2.31. The number of furan rings is 1. The third-order valence-corrected chi connectivity index (χ3v) is 7.47. The third kappa shape index (κ3) is 4.85. The summed E-state index contributed by atoms with van der Waals surface area (Å²) in [6.45, 7) is 0. The van der Waals surface area contributed by atoms with Crippen LogP contribution in [-0.2, 0) is 15.6 Å². The molecular weight excluding hydrogens is 472 g/mol. The van der Waals surface area contributed by atoms with Crippen LogP contribution in [-0.4, -0.2) is 19.3 Å². The van der Waals surface area contributed by atoms with Gasteiger partial charge in [-0.05, 0) is 48.5 Å². The maximum Gasteiger partial charge on any atom is 0.293 e. The fraction of sp³-hybridized carbons (Fsp3) is 0.0400. The number of anilines is 1. The zero-order valence-corrected chi connectivity index (χ0v) is 19.3. The smallest absolute Gasteiger partial charge is 0.293 e. The van der Waals surface area contributed by atoms with Crippen LogP contribution in [0, 0.1) is 0 Å². The average Bonchev–Trinajstić information content (AvgIpc) is 3.46. The van der Waals surface area contributed by atoms with Crippen molar-refractivity contribution in [2.24, 2.45) is 0 Å². The molecule has 170 valence electrons.